The smallest absolute Gasteiger partial charge is 0.315 e. The van der Waals surface area contributed by atoms with Crippen LogP contribution in [0.4, 0.5) is 0 Å². The zero-order valence-electron chi connectivity index (χ0n) is 29.3. The molecule has 10 heteroatoms. The SMILES string of the molecule is CC(CC(=O)C1C(C)C=CCC1(C)C)SCC(=O)OCCOCCOCCOC(=O)CSC(C)CC(=O)C1C(C)C=CCC1(C)C. The molecule has 0 radical (unpaired) electrons. The molecule has 0 saturated carbocycles. The van der Waals surface area contributed by atoms with Crippen molar-refractivity contribution in [1.29, 1.82) is 0 Å². The number of allylic oxidation sites excluding steroid dienone is 4. The minimum Gasteiger partial charge on any atom is -0.463 e. The predicted octanol–water partition coefficient (Wildman–Crippen LogP) is 6.74. The molecule has 6 unspecified atom stereocenters. The van der Waals surface area contributed by atoms with Gasteiger partial charge in [0, 0.05) is 35.2 Å². The fraction of sp³-hybridized carbons (Fsp3) is 0.778. The average molecular weight is 683 g/mol. The molecule has 0 aromatic heterocycles. The summed E-state index contributed by atoms with van der Waals surface area (Å²) in [5.74, 6) is 0.772. The van der Waals surface area contributed by atoms with Crippen LogP contribution in [0.25, 0.3) is 0 Å². The van der Waals surface area contributed by atoms with Gasteiger partial charge in [0.15, 0.2) is 0 Å². The van der Waals surface area contributed by atoms with Crippen LogP contribution in [-0.2, 0) is 38.1 Å². The van der Waals surface area contributed by atoms with Crippen molar-refractivity contribution in [1.82, 2.24) is 0 Å². The lowest BCUT2D eigenvalue weighted by atomic mass is 9.65. The summed E-state index contributed by atoms with van der Waals surface area (Å²) in [6, 6.07) is 0. The highest BCUT2D eigenvalue weighted by molar-refractivity contribution is 8.00. The molecule has 0 amide bonds. The lowest BCUT2D eigenvalue weighted by Gasteiger charge is -2.39. The second kappa shape index (κ2) is 20.0. The third-order valence-corrected chi connectivity index (χ3v) is 11.2. The van der Waals surface area contributed by atoms with Crippen molar-refractivity contribution in [3.63, 3.8) is 0 Å². The summed E-state index contributed by atoms with van der Waals surface area (Å²) in [5, 5.41) is 0.0842. The van der Waals surface area contributed by atoms with E-state index in [4.69, 9.17) is 18.9 Å². The van der Waals surface area contributed by atoms with Gasteiger partial charge in [0.1, 0.15) is 24.8 Å². The van der Waals surface area contributed by atoms with Crippen LogP contribution in [0, 0.1) is 34.5 Å². The molecule has 0 heterocycles. The Morgan fingerprint density at radius 1 is 0.652 bits per heavy atom. The van der Waals surface area contributed by atoms with Crippen molar-refractivity contribution in [2.24, 2.45) is 34.5 Å². The van der Waals surface area contributed by atoms with Gasteiger partial charge in [0.2, 0.25) is 0 Å². The van der Waals surface area contributed by atoms with Crippen LogP contribution in [0.15, 0.2) is 24.3 Å². The van der Waals surface area contributed by atoms with E-state index in [1.807, 2.05) is 13.8 Å². The fourth-order valence-corrected chi connectivity index (χ4v) is 8.30. The van der Waals surface area contributed by atoms with E-state index in [1.54, 1.807) is 0 Å². The zero-order valence-corrected chi connectivity index (χ0v) is 31.0. The van der Waals surface area contributed by atoms with Gasteiger partial charge in [-0.05, 0) is 35.5 Å². The molecule has 2 aliphatic carbocycles. The van der Waals surface area contributed by atoms with Crippen LogP contribution < -0.4 is 0 Å². The van der Waals surface area contributed by atoms with Crippen molar-refractivity contribution >= 4 is 47.0 Å². The van der Waals surface area contributed by atoms with Gasteiger partial charge in [-0.2, -0.15) is 0 Å². The summed E-state index contributed by atoms with van der Waals surface area (Å²) in [4.78, 5) is 50.2. The third-order valence-electron chi connectivity index (χ3n) is 8.90. The highest BCUT2D eigenvalue weighted by Gasteiger charge is 2.40. The summed E-state index contributed by atoms with van der Waals surface area (Å²) < 4.78 is 21.4. The van der Waals surface area contributed by atoms with Crippen LogP contribution in [0.5, 0.6) is 0 Å². The van der Waals surface area contributed by atoms with E-state index in [9.17, 15) is 19.2 Å². The van der Waals surface area contributed by atoms with Gasteiger partial charge in [-0.1, -0.05) is 79.7 Å². The van der Waals surface area contributed by atoms with Crippen LogP contribution in [0.1, 0.15) is 81.1 Å². The number of esters is 2. The third kappa shape index (κ3) is 14.2. The molecule has 0 aromatic carbocycles. The first-order valence-electron chi connectivity index (χ1n) is 16.7. The van der Waals surface area contributed by atoms with Crippen molar-refractivity contribution < 1.29 is 38.1 Å². The number of ether oxygens (including phenoxy) is 4. The fourth-order valence-electron chi connectivity index (χ4n) is 6.72. The highest BCUT2D eigenvalue weighted by atomic mass is 32.2. The van der Waals surface area contributed by atoms with E-state index < -0.39 is 0 Å². The second-order valence-corrected chi connectivity index (χ2v) is 17.0. The van der Waals surface area contributed by atoms with E-state index in [1.165, 1.54) is 23.5 Å². The molecule has 8 nitrogen and oxygen atoms in total. The number of carbonyl (C=O) groups excluding carboxylic acids is 4. The highest BCUT2D eigenvalue weighted by Crippen LogP contribution is 2.43. The maximum absolute atomic E-state index is 13.0. The Labute approximate surface area is 285 Å². The number of rotatable bonds is 21. The molecule has 0 fully saturated rings. The monoisotopic (exact) mass is 682 g/mol. The summed E-state index contributed by atoms with van der Waals surface area (Å²) in [7, 11) is 0. The molecule has 0 spiro atoms. The molecule has 46 heavy (non-hydrogen) atoms. The van der Waals surface area contributed by atoms with Gasteiger partial charge in [-0.3, -0.25) is 19.2 Å². The first kappa shape index (κ1) is 40.6. The summed E-state index contributed by atoms with van der Waals surface area (Å²) in [6.45, 7) is 18.3. The largest absolute Gasteiger partial charge is 0.463 e. The van der Waals surface area contributed by atoms with Crippen molar-refractivity contribution in [3.05, 3.63) is 24.3 Å². The van der Waals surface area contributed by atoms with Crippen LogP contribution in [0.3, 0.4) is 0 Å². The molecule has 0 aromatic rings. The second-order valence-electron chi connectivity index (χ2n) is 14.2. The molecule has 0 bridgehead atoms. The van der Waals surface area contributed by atoms with Gasteiger partial charge < -0.3 is 18.9 Å². The van der Waals surface area contributed by atoms with E-state index in [-0.39, 0.29) is 106 Å². The van der Waals surface area contributed by atoms with Crippen molar-refractivity contribution in [3.8, 4) is 0 Å². The Morgan fingerprint density at radius 2 is 1.00 bits per heavy atom. The van der Waals surface area contributed by atoms with E-state index in [0.29, 0.717) is 26.1 Å². The van der Waals surface area contributed by atoms with Crippen LogP contribution in [-0.4, -0.2) is 85.2 Å². The Balaban J connectivity index is 1.44. The minimum atomic E-state index is -0.320. The Hall–Kier alpha value is -1.62. The average Bonchev–Trinajstić information content (AvgIpc) is 2.94. The van der Waals surface area contributed by atoms with E-state index in [2.05, 4.69) is 65.8 Å². The maximum Gasteiger partial charge on any atom is 0.315 e. The van der Waals surface area contributed by atoms with Crippen LogP contribution in [0.2, 0.25) is 0 Å². The topological polar surface area (TPSA) is 105 Å². The summed E-state index contributed by atoms with van der Waals surface area (Å²) >= 11 is 2.89. The molecule has 6 atom stereocenters. The van der Waals surface area contributed by atoms with E-state index in [0.717, 1.165) is 12.8 Å². The number of hydrogen-bond donors (Lipinski definition) is 0. The number of ketones is 2. The normalized spacial score (nSPS) is 24.6. The lowest BCUT2D eigenvalue weighted by Crippen LogP contribution is -2.38. The number of thioether (sulfide) groups is 2. The predicted molar refractivity (Wildman–Crippen MR) is 187 cm³/mol. The van der Waals surface area contributed by atoms with Gasteiger partial charge >= 0.3 is 11.9 Å². The van der Waals surface area contributed by atoms with E-state index >= 15 is 0 Å². The first-order valence-corrected chi connectivity index (χ1v) is 18.8. The molecular weight excluding hydrogens is 625 g/mol. The molecule has 2 rings (SSSR count). The minimum absolute atomic E-state index is 0.00639. The van der Waals surface area contributed by atoms with Gasteiger partial charge in [0.05, 0.1) is 37.9 Å². The lowest BCUT2D eigenvalue weighted by molar-refractivity contribution is -0.143. The van der Waals surface area contributed by atoms with Crippen molar-refractivity contribution in [2.75, 3.05) is 51.1 Å². The summed E-state index contributed by atoms with van der Waals surface area (Å²) in [5.41, 5.74) is -0.0872. The first-order chi connectivity index (χ1) is 21.6. The molecule has 262 valence electrons. The summed E-state index contributed by atoms with van der Waals surface area (Å²) in [6.07, 6.45) is 11.3. The Morgan fingerprint density at radius 3 is 1.35 bits per heavy atom. The molecule has 2 aliphatic rings. The quantitative estimate of drug-likeness (QED) is 0.0734. The molecule has 0 saturated heterocycles. The zero-order chi connectivity index (χ0) is 34.3. The number of carbonyl (C=O) groups is 4. The number of Topliss-reactive ketones (excluding diaryl/α,β-unsaturated/α-hetero) is 2. The molecular formula is C36H58O8S2. The Bertz CT molecular complexity index is 971. The molecule has 0 N–H and O–H groups in total. The van der Waals surface area contributed by atoms with Gasteiger partial charge in [0.25, 0.3) is 0 Å². The number of hydrogen-bond acceptors (Lipinski definition) is 10. The Kier molecular flexibility index (Phi) is 17.7. The van der Waals surface area contributed by atoms with Crippen molar-refractivity contribution in [2.45, 2.75) is 91.6 Å². The maximum atomic E-state index is 13.0. The van der Waals surface area contributed by atoms with Gasteiger partial charge in [-0.25, -0.2) is 0 Å². The van der Waals surface area contributed by atoms with Crippen LogP contribution >= 0.6 is 23.5 Å². The standard InChI is InChI=1S/C36H58O8S2/c1-25-11-9-13-35(5,6)33(25)29(37)21-27(3)45-23-31(39)43-19-17-41-15-16-42-18-20-44-32(40)24-46-28(4)22-30(38)34-26(2)12-10-14-36(34,7)8/h9-12,25-28,33-34H,13-24H2,1-8H3. The molecule has 0 aliphatic heterocycles. The van der Waals surface area contributed by atoms with Gasteiger partial charge in [-0.15, -0.1) is 23.5 Å².